The lowest BCUT2D eigenvalue weighted by atomic mass is 9.75. The monoisotopic (exact) mass is 272 g/mol. The fourth-order valence-corrected chi connectivity index (χ4v) is 3.72. The molecular weight excluding hydrogens is 252 g/mol. The number of hydrogen-bond acceptors (Lipinski definition) is 3. The first-order valence-corrected chi connectivity index (χ1v) is 7.43. The molecule has 0 radical (unpaired) electrons. The van der Waals surface area contributed by atoms with Crippen LogP contribution in [0.25, 0.3) is 0 Å². The number of nitro benzene ring substituents is 1. The maximum Gasteiger partial charge on any atom is 0.270 e. The number of non-ortho nitro benzene ring substituents is 1. The van der Waals surface area contributed by atoms with Crippen LogP contribution in [-0.4, -0.2) is 16.7 Å². The van der Waals surface area contributed by atoms with Gasteiger partial charge in [0.2, 0.25) is 0 Å². The van der Waals surface area contributed by atoms with Crippen LogP contribution in [0.3, 0.4) is 0 Å². The molecule has 1 aromatic rings. The summed E-state index contributed by atoms with van der Waals surface area (Å²) >= 11 is 0. The fraction of sp³-hybridized carbons (Fsp3) is 0.562. The van der Waals surface area contributed by atoms with Crippen molar-refractivity contribution >= 4 is 11.9 Å². The van der Waals surface area contributed by atoms with Crippen molar-refractivity contribution < 1.29 is 4.92 Å². The molecule has 0 amide bonds. The second kappa shape index (κ2) is 5.00. The van der Waals surface area contributed by atoms with Crippen molar-refractivity contribution in [2.75, 3.05) is 0 Å². The number of aliphatic imine (C=N–C) groups is 1. The second-order valence-electron chi connectivity index (χ2n) is 6.22. The van der Waals surface area contributed by atoms with Gasteiger partial charge in [-0.15, -0.1) is 0 Å². The first-order chi connectivity index (χ1) is 9.60. The average Bonchev–Trinajstić information content (AvgIpc) is 2.57. The largest absolute Gasteiger partial charge is 0.286 e. The third-order valence-electron chi connectivity index (χ3n) is 4.76. The van der Waals surface area contributed by atoms with Gasteiger partial charge in [0.1, 0.15) is 0 Å². The molecule has 1 spiro atoms. The second-order valence-corrected chi connectivity index (χ2v) is 6.22. The molecule has 106 valence electrons. The van der Waals surface area contributed by atoms with Gasteiger partial charge in [-0.05, 0) is 30.7 Å². The van der Waals surface area contributed by atoms with Gasteiger partial charge in [0.05, 0.1) is 10.5 Å². The van der Waals surface area contributed by atoms with E-state index in [1.54, 1.807) is 12.1 Å². The Morgan fingerprint density at radius 3 is 2.75 bits per heavy atom. The highest BCUT2D eigenvalue weighted by molar-refractivity contribution is 5.84. The molecule has 1 fully saturated rings. The van der Waals surface area contributed by atoms with Crippen molar-refractivity contribution in [2.24, 2.45) is 4.99 Å². The van der Waals surface area contributed by atoms with Gasteiger partial charge in [-0.2, -0.15) is 0 Å². The van der Waals surface area contributed by atoms with E-state index in [0.29, 0.717) is 5.92 Å². The molecule has 1 aliphatic carbocycles. The van der Waals surface area contributed by atoms with Crippen LogP contribution in [0, 0.1) is 10.1 Å². The van der Waals surface area contributed by atoms with E-state index in [-0.39, 0.29) is 16.1 Å². The van der Waals surface area contributed by atoms with Crippen molar-refractivity contribution in [3.8, 4) is 0 Å². The Labute approximate surface area is 119 Å². The summed E-state index contributed by atoms with van der Waals surface area (Å²) in [6.45, 7) is 2.22. The van der Waals surface area contributed by atoms with Crippen LogP contribution in [0.2, 0.25) is 0 Å². The van der Waals surface area contributed by atoms with E-state index in [0.717, 1.165) is 24.8 Å². The van der Waals surface area contributed by atoms with Crippen molar-refractivity contribution in [3.05, 3.63) is 39.4 Å². The zero-order chi connectivity index (χ0) is 14.2. The molecule has 0 aromatic heterocycles. The van der Waals surface area contributed by atoms with Crippen LogP contribution >= 0.6 is 0 Å². The van der Waals surface area contributed by atoms with E-state index in [4.69, 9.17) is 4.99 Å². The number of rotatable bonds is 1. The summed E-state index contributed by atoms with van der Waals surface area (Å²) in [7, 11) is 0. The molecule has 4 heteroatoms. The van der Waals surface area contributed by atoms with Crippen molar-refractivity contribution in [2.45, 2.75) is 56.9 Å². The van der Waals surface area contributed by atoms with Gasteiger partial charge in [0.15, 0.2) is 0 Å². The SMILES string of the molecule is CC1CC2(CCCCC2)N=Cc2cc([N+](=O)[O-])ccc21. The minimum absolute atomic E-state index is 0.0749. The van der Waals surface area contributed by atoms with Gasteiger partial charge in [0, 0.05) is 23.9 Å². The quantitative estimate of drug-likeness (QED) is 0.567. The van der Waals surface area contributed by atoms with E-state index < -0.39 is 0 Å². The predicted octanol–water partition coefficient (Wildman–Crippen LogP) is 4.22. The summed E-state index contributed by atoms with van der Waals surface area (Å²) in [6.07, 6.45) is 9.07. The van der Waals surface area contributed by atoms with E-state index in [2.05, 4.69) is 6.92 Å². The van der Waals surface area contributed by atoms with E-state index in [1.165, 1.54) is 24.8 Å². The van der Waals surface area contributed by atoms with Crippen LogP contribution in [0.4, 0.5) is 5.69 Å². The normalized spacial score (nSPS) is 24.1. The summed E-state index contributed by atoms with van der Waals surface area (Å²) in [4.78, 5) is 15.4. The Kier molecular flexibility index (Phi) is 3.32. The first-order valence-electron chi connectivity index (χ1n) is 7.43. The topological polar surface area (TPSA) is 55.5 Å². The zero-order valence-corrected chi connectivity index (χ0v) is 11.8. The lowest BCUT2D eigenvalue weighted by molar-refractivity contribution is -0.384. The predicted molar refractivity (Wildman–Crippen MR) is 79.5 cm³/mol. The highest BCUT2D eigenvalue weighted by Gasteiger charge is 2.35. The summed E-state index contributed by atoms with van der Waals surface area (Å²) in [6, 6.07) is 5.19. The van der Waals surface area contributed by atoms with Crippen molar-refractivity contribution in [3.63, 3.8) is 0 Å². The molecule has 20 heavy (non-hydrogen) atoms. The fourth-order valence-electron chi connectivity index (χ4n) is 3.72. The van der Waals surface area contributed by atoms with E-state index >= 15 is 0 Å². The zero-order valence-electron chi connectivity index (χ0n) is 11.8. The average molecular weight is 272 g/mol. The number of hydrogen-bond donors (Lipinski definition) is 0. The molecule has 1 unspecified atom stereocenters. The lowest BCUT2D eigenvalue weighted by Crippen LogP contribution is -2.30. The van der Waals surface area contributed by atoms with Crippen molar-refractivity contribution in [1.29, 1.82) is 0 Å². The molecule has 3 rings (SSSR count). The van der Waals surface area contributed by atoms with Gasteiger partial charge in [-0.1, -0.05) is 32.3 Å². The third-order valence-corrected chi connectivity index (χ3v) is 4.76. The Morgan fingerprint density at radius 1 is 1.30 bits per heavy atom. The summed E-state index contributed by atoms with van der Waals surface area (Å²) in [5.74, 6) is 0.409. The maximum absolute atomic E-state index is 10.9. The molecule has 1 aromatic carbocycles. The molecular formula is C16H20N2O2. The molecule has 0 saturated heterocycles. The first kappa shape index (κ1) is 13.3. The molecule has 1 heterocycles. The molecule has 1 saturated carbocycles. The van der Waals surface area contributed by atoms with Crippen LogP contribution in [0.1, 0.15) is 62.5 Å². The third kappa shape index (κ3) is 2.35. The van der Waals surface area contributed by atoms with E-state index in [1.807, 2.05) is 12.3 Å². The van der Waals surface area contributed by atoms with Gasteiger partial charge >= 0.3 is 0 Å². The molecule has 0 bridgehead atoms. The van der Waals surface area contributed by atoms with Crippen LogP contribution in [0.5, 0.6) is 0 Å². The van der Waals surface area contributed by atoms with Gasteiger partial charge in [-0.25, -0.2) is 0 Å². The Balaban J connectivity index is 1.99. The molecule has 4 nitrogen and oxygen atoms in total. The van der Waals surface area contributed by atoms with Gasteiger partial charge in [-0.3, -0.25) is 15.1 Å². The van der Waals surface area contributed by atoms with Crippen LogP contribution in [-0.2, 0) is 0 Å². The minimum Gasteiger partial charge on any atom is -0.286 e. The molecule has 2 aliphatic rings. The summed E-state index contributed by atoms with van der Waals surface area (Å²) in [5.41, 5.74) is 2.35. The Hall–Kier alpha value is -1.71. The van der Waals surface area contributed by atoms with Crippen LogP contribution < -0.4 is 0 Å². The van der Waals surface area contributed by atoms with Gasteiger partial charge < -0.3 is 0 Å². The number of nitrogens with zero attached hydrogens (tertiary/aromatic N) is 2. The van der Waals surface area contributed by atoms with E-state index in [9.17, 15) is 10.1 Å². The van der Waals surface area contributed by atoms with Crippen LogP contribution in [0.15, 0.2) is 23.2 Å². The Morgan fingerprint density at radius 2 is 2.05 bits per heavy atom. The highest BCUT2D eigenvalue weighted by Crippen LogP contribution is 2.42. The molecule has 0 N–H and O–H groups in total. The highest BCUT2D eigenvalue weighted by atomic mass is 16.6. The number of nitro groups is 1. The smallest absolute Gasteiger partial charge is 0.270 e. The summed E-state index contributed by atoms with van der Waals surface area (Å²) < 4.78 is 0. The van der Waals surface area contributed by atoms with Crippen molar-refractivity contribution in [1.82, 2.24) is 0 Å². The minimum atomic E-state index is -0.333. The standard InChI is InChI=1S/C16H20N2O2/c1-12-10-16(7-3-2-4-8-16)17-11-13-9-14(18(19)20)5-6-15(12)13/h5-6,9,11-12H,2-4,7-8,10H2,1H3. The number of fused-ring (bicyclic) bond motifs is 1. The number of benzene rings is 1. The maximum atomic E-state index is 10.9. The van der Waals surface area contributed by atoms with Gasteiger partial charge in [0.25, 0.3) is 5.69 Å². The Bertz CT molecular complexity index is 560. The lowest BCUT2D eigenvalue weighted by Gasteiger charge is -2.34. The molecule has 1 aliphatic heterocycles. The summed E-state index contributed by atoms with van der Waals surface area (Å²) in [5, 5.41) is 10.9. The molecule has 1 atom stereocenters.